The molecule has 2 heterocycles. The van der Waals surface area contributed by atoms with E-state index >= 15 is 0 Å². The predicted octanol–water partition coefficient (Wildman–Crippen LogP) is 6.70. The molecule has 0 fully saturated rings. The van der Waals surface area contributed by atoms with Crippen molar-refractivity contribution >= 4 is 44.5 Å². The Hall–Kier alpha value is -4.96. The van der Waals surface area contributed by atoms with Crippen LogP contribution in [0.4, 0.5) is 17.1 Å². The maximum Gasteiger partial charge on any atom is 0.271 e. The fourth-order valence-electron chi connectivity index (χ4n) is 4.23. The second-order valence-electron chi connectivity index (χ2n) is 8.75. The highest BCUT2D eigenvalue weighted by molar-refractivity contribution is 7.21. The topological polar surface area (TPSA) is 130 Å². The van der Waals surface area contributed by atoms with Gasteiger partial charge >= 0.3 is 0 Å². The SMILES string of the molecule is COc1ccc(-c2cc(-c3ccc(OC)cc3)c3c(N)c(C(=O)Nc4cc([N+](=O)[O-])ccc4C)sc3n2)cc1. The number of fused-ring (bicyclic) bond motifs is 1. The van der Waals surface area contributed by atoms with Gasteiger partial charge in [-0.05, 0) is 66.1 Å². The molecule has 0 bridgehead atoms. The van der Waals surface area contributed by atoms with Crippen LogP contribution < -0.4 is 20.5 Å². The lowest BCUT2D eigenvalue weighted by molar-refractivity contribution is -0.384. The number of nitrogens with zero attached hydrogens (tertiary/aromatic N) is 2. The fourth-order valence-corrected chi connectivity index (χ4v) is 5.25. The van der Waals surface area contributed by atoms with Gasteiger partial charge in [0.2, 0.25) is 0 Å². The third-order valence-corrected chi connectivity index (χ3v) is 7.47. The van der Waals surface area contributed by atoms with Crippen LogP contribution >= 0.6 is 11.3 Å². The van der Waals surface area contributed by atoms with Crippen molar-refractivity contribution < 1.29 is 19.2 Å². The summed E-state index contributed by atoms with van der Waals surface area (Å²) >= 11 is 1.17. The average Bonchev–Trinajstić information content (AvgIpc) is 3.30. The maximum absolute atomic E-state index is 13.4. The summed E-state index contributed by atoms with van der Waals surface area (Å²) in [7, 11) is 3.21. The van der Waals surface area contributed by atoms with Crippen molar-refractivity contribution in [3.63, 3.8) is 0 Å². The molecule has 5 aromatic rings. The first-order valence-electron chi connectivity index (χ1n) is 11.9. The van der Waals surface area contributed by atoms with Crippen molar-refractivity contribution in [2.24, 2.45) is 0 Å². The summed E-state index contributed by atoms with van der Waals surface area (Å²) < 4.78 is 10.6. The molecule has 9 nitrogen and oxygen atoms in total. The molecule has 5 rings (SSSR count). The minimum atomic E-state index is -0.505. The Kier molecular flexibility index (Phi) is 6.86. The third kappa shape index (κ3) is 4.97. The number of nitrogens with two attached hydrogens (primary N) is 1. The number of carbonyl (C=O) groups is 1. The average molecular weight is 541 g/mol. The van der Waals surface area contributed by atoms with E-state index in [-0.39, 0.29) is 16.3 Å². The van der Waals surface area contributed by atoms with Crippen LogP contribution in [0.3, 0.4) is 0 Å². The summed E-state index contributed by atoms with van der Waals surface area (Å²) in [5.74, 6) is 0.974. The minimum absolute atomic E-state index is 0.118. The number of hydrogen-bond acceptors (Lipinski definition) is 8. The number of methoxy groups -OCH3 is 2. The van der Waals surface area contributed by atoms with Gasteiger partial charge in [-0.2, -0.15) is 0 Å². The van der Waals surface area contributed by atoms with Gasteiger partial charge in [-0.15, -0.1) is 11.3 Å². The molecule has 3 N–H and O–H groups in total. The molecule has 0 atom stereocenters. The van der Waals surface area contributed by atoms with Crippen LogP contribution in [0, 0.1) is 17.0 Å². The Balaban J connectivity index is 1.64. The van der Waals surface area contributed by atoms with Crippen molar-refractivity contribution in [1.82, 2.24) is 4.98 Å². The monoisotopic (exact) mass is 540 g/mol. The number of nitrogen functional groups attached to an aromatic ring is 1. The number of carbonyl (C=O) groups excluding carboxylic acids is 1. The smallest absolute Gasteiger partial charge is 0.271 e. The summed E-state index contributed by atoms with van der Waals surface area (Å²) in [6, 6.07) is 21.4. The van der Waals surface area contributed by atoms with E-state index in [1.165, 1.54) is 23.5 Å². The van der Waals surface area contributed by atoms with Crippen LogP contribution in [0.5, 0.6) is 11.5 Å². The molecule has 0 radical (unpaired) electrons. The molecule has 0 unspecified atom stereocenters. The van der Waals surface area contributed by atoms with Crippen molar-refractivity contribution in [3.05, 3.63) is 93.4 Å². The highest BCUT2D eigenvalue weighted by atomic mass is 32.1. The normalized spacial score (nSPS) is 10.8. The minimum Gasteiger partial charge on any atom is -0.497 e. The van der Waals surface area contributed by atoms with E-state index in [1.807, 2.05) is 54.6 Å². The van der Waals surface area contributed by atoms with Gasteiger partial charge in [-0.25, -0.2) is 4.98 Å². The van der Waals surface area contributed by atoms with Crippen LogP contribution in [0.25, 0.3) is 32.6 Å². The Bertz CT molecular complexity index is 1710. The lowest BCUT2D eigenvalue weighted by Gasteiger charge is -2.10. The summed E-state index contributed by atoms with van der Waals surface area (Å²) in [5, 5.41) is 14.7. The van der Waals surface area contributed by atoms with E-state index in [0.29, 0.717) is 32.9 Å². The largest absolute Gasteiger partial charge is 0.497 e. The number of nitrogens with one attached hydrogen (secondary N) is 1. The van der Waals surface area contributed by atoms with E-state index < -0.39 is 10.8 Å². The lowest BCUT2D eigenvalue weighted by Crippen LogP contribution is -2.13. The number of amides is 1. The summed E-state index contributed by atoms with van der Waals surface area (Å²) in [4.78, 5) is 29.8. The number of aryl methyl sites for hydroxylation is 1. The Labute approximate surface area is 228 Å². The van der Waals surface area contributed by atoms with Crippen molar-refractivity contribution in [1.29, 1.82) is 0 Å². The molecule has 10 heteroatoms. The zero-order chi connectivity index (χ0) is 27.7. The third-order valence-electron chi connectivity index (χ3n) is 6.37. The number of anilines is 2. The number of thiophene rings is 1. The van der Waals surface area contributed by atoms with Crippen LogP contribution in [-0.2, 0) is 0 Å². The van der Waals surface area contributed by atoms with Crippen LogP contribution in [0.2, 0.25) is 0 Å². The van der Waals surface area contributed by atoms with Crippen molar-refractivity contribution in [2.45, 2.75) is 6.92 Å². The highest BCUT2D eigenvalue weighted by Gasteiger charge is 2.23. The molecular weight excluding hydrogens is 516 g/mol. The molecule has 196 valence electrons. The van der Waals surface area contributed by atoms with E-state index in [1.54, 1.807) is 27.2 Å². The Morgan fingerprint density at radius 3 is 2.15 bits per heavy atom. The molecule has 0 aliphatic carbocycles. The number of benzene rings is 3. The first-order valence-corrected chi connectivity index (χ1v) is 12.7. The number of hydrogen-bond donors (Lipinski definition) is 2. The molecule has 0 saturated heterocycles. The fraction of sp³-hybridized carbons (Fsp3) is 0.103. The van der Waals surface area contributed by atoms with Crippen LogP contribution in [0.15, 0.2) is 72.8 Å². The standard InChI is InChI=1S/C29H24N4O5S/c1-16-4-9-19(33(35)36)14-23(16)31-28(34)27-26(30)25-22(17-5-10-20(37-2)11-6-17)15-24(32-29(25)39-27)18-7-12-21(38-3)13-8-18/h4-15H,30H2,1-3H3,(H,31,34). The summed E-state index contributed by atoms with van der Waals surface area (Å²) in [5.41, 5.74) is 11.1. The second kappa shape index (κ2) is 10.4. The Morgan fingerprint density at radius 2 is 1.56 bits per heavy atom. The van der Waals surface area contributed by atoms with Gasteiger partial charge in [0, 0.05) is 23.1 Å². The number of non-ortho nitro benzene ring substituents is 1. The molecule has 0 aliphatic rings. The number of rotatable bonds is 7. The lowest BCUT2D eigenvalue weighted by atomic mass is 9.99. The van der Waals surface area contributed by atoms with Gasteiger partial charge in [-0.1, -0.05) is 18.2 Å². The van der Waals surface area contributed by atoms with Gasteiger partial charge in [0.05, 0.1) is 36.2 Å². The molecule has 0 spiro atoms. The molecule has 0 saturated carbocycles. The molecule has 3 aromatic carbocycles. The number of ether oxygens (including phenoxy) is 2. The van der Waals surface area contributed by atoms with E-state index in [4.69, 9.17) is 20.2 Å². The van der Waals surface area contributed by atoms with Gasteiger partial charge in [0.25, 0.3) is 11.6 Å². The van der Waals surface area contributed by atoms with Gasteiger partial charge in [0.15, 0.2) is 0 Å². The van der Waals surface area contributed by atoms with Crippen molar-refractivity contribution in [2.75, 3.05) is 25.3 Å². The molecule has 1 amide bonds. The molecule has 2 aromatic heterocycles. The van der Waals surface area contributed by atoms with Gasteiger partial charge in [0.1, 0.15) is 21.2 Å². The number of nitro groups is 1. The zero-order valence-corrected chi connectivity index (χ0v) is 22.2. The quantitative estimate of drug-likeness (QED) is 0.174. The highest BCUT2D eigenvalue weighted by Crippen LogP contribution is 2.42. The van der Waals surface area contributed by atoms with Gasteiger partial charge < -0.3 is 20.5 Å². The maximum atomic E-state index is 13.4. The number of aromatic nitrogens is 1. The number of pyridine rings is 1. The van der Waals surface area contributed by atoms with Gasteiger partial charge in [-0.3, -0.25) is 14.9 Å². The predicted molar refractivity (Wildman–Crippen MR) is 154 cm³/mol. The first kappa shape index (κ1) is 25.7. The van der Waals surface area contributed by atoms with E-state index in [2.05, 4.69) is 5.32 Å². The van der Waals surface area contributed by atoms with Crippen LogP contribution in [-0.4, -0.2) is 30.0 Å². The first-order chi connectivity index (χ1) is 18.8. The van der Waals surface area contributed by atoms with Crippen molar-refractivity contribution in [3.8, 4) is 33.9 Å². The molecule has 39 heavy (non-hydrogen) atoms. The Morgan fingerprint density at radius 1 is 0.949 bits per heavy atom. The summed E-state index contributed by atoms with van der Waals surface area (Å²) in [6.45, 7) is 1.76. The number of nitro benzene ring substituents is 1. The molecular formula is C29H24N4O5S. The van der Waals surface area contributed by atoms with Crippen LogP contribution in [0.1, 0.15) is 15.2 Å². The van der Waals surface area contributed by atoms with E-state index in [9.17, 15) is 14.9 Å². The molecule has 0 aliphatic heterocycles. The zero-order valence-electron chi connectivity index (χ0n) is 21.3. The van der Waals surface area contributed by atoms with E-state index in [0.717, 1.165) is 22.4 Å². The second-order valence-corrected chi connectivity index (χ2v) is 9.75. The summed E-state index contributed by atoms with van der Waals surface area (Å²) in [6.07, 6.45) is 0.